The van der Waals surface area contributed by atoms with Crippen molar-refractivity contribution in [3.05, 3.63) is 35.9 Å². The molecule has 250 valence electrons. The predicted molar refractivity (Wildman–Crippen MR) is 151 cm³/mol. The minimum absolute atomic E-state index is 0.103. The molecule has 15 nitrogen and oxygen atoms in total. The van der Waals surface area contributed by atoms with Gasteiger partial charge in [0.2, 0.25) is 5.91 Å². The molecule has 1 aromatic rings. The van der Waals surface area contributed by atoms with Gasteiger partial charge in [0, 0.05) is 41.7 Å². The van der Waals surface area contributed by atoms with E-state index in [1.807, 2.05) is 30.3 Å². The monoisotopic (exact) mass is 639 g/mol. The van der Waals surface area contributed by atoms with Gasteiger partial charge in [-0.15, -0.1) is 0 Å². The Labute approximate surface area is 261 Å². The second kappa shape index (κ2) is 16.6. The van der Waals surface area contributed by atoms with Crippen LogP contribution in [0.15, 0.2) is 30.3 Å². The van der Waals surface area contributed by atoms with Gasteiger partial charge < -0.3 is 47.9 Å². The number of amides is 1. The Morgan fingerprint density at radius 3 is 1.82 bits per heavy atom. The molecule has 2 aliphatic rings. The quantitative estimate of drug-likeness (QED) is 0.252. The van der Waals surface area contributed by atoms with E-state index < -0.39 is 91.1 Å². The molecule has 2 heterocycles. The van der Waals surface area contributed by atoms with Gasteiger partial charge in [0.25, 0.3) is 0 Å². The summed E-state index contributed by atoms with van der Waals surface area (Å²) in [5.74, 6) is -3.39. The second-order valence-corrected chi connectivity index (χ2v) is 10.6. The van der Waals surface area contributed by atoms with Crippen LogP contribution >= 0.6 is 0 Å². The van der Waals surface area contributed by atoms with Gasteiger partial charge in [-0.25, -0.2) is 0 Å². The van der Waals surface area contributed by atoms with Gasteiger partial charge in [-0.05, 0) is 12.5 Å². The van der Waals surface area contributed by atoms with Crippen molar-refractivity contribution in [2.75, 3.05) is 13.7 Å². The molecule has 45 heavy (non-hydrogen) atoms. The zero-order chi connectivity index (χ0) is 33.3. The van der Waals surface area contributed by atoms with Crippen molar-refractivity contribution in [2.24, 2.45) is 0 Å². The average Bonchev–Trinajstić information content (AvgIpc) is 2.94. The third kappa shape index (κ3) is 10.2. The molecule has 10 atom stereocenters. The number of rotatable bonds is 12. The lowest BCUT2D eigenvalue weighted by Crippen LogP contribution is -2.68. The highest BCUT2D eigenvalue weighted by Gasteiger charge is 2.55. The summed E-state index contributed by atoms with van der Waals surface area (Å²) in [4.78, 5) is 60.8. The minimum Gasteiger partial charge on any atom is -0.457 e. The minimum atomic E-state index is -1.47. The Bertz CT molecular complexity index is 1180. The highest BCUT2D eigenvalue weighted by Crippen LogP contribution is 2.34. The smallest absolute Gasteiger partial charge is 0.303 e. The summed E-state index contributed by atoms with van der Waals surface area (Å²) >= 11 is 0. The molecule has 0 aliphatic carbocycles. The van der Waals surface area contributed by atoms with Crippen molar-refractivity contribution in [1.82, 2.24) is 5.32 Å². The Morgan fingerprint density at radius 2 is 1.27 bits per heavy atom. The maximum Gasteiger partial charge on any atom is 0.303 e. The lowest BCUT2D eigenvalue weighted by molar-refractivity contribution is -0.346. The Balaban J connectivity index is 2.02. The highest BCUT2D eigenvalue weighted by atomic mass is 16.8. The van der Waals surface area contributed by atoms with E-state index in [0.717, 1.165) is 19.4 Å². The molecular weight excluding hydrogens is 598 g/mol. The summed E-state index contributed by atoms with van der Waals surface area (Å²) in [6, 6.07) is 8.27. The standard InChI is InChI=1S/C30H41NO14/c1-15-24(40-17(3)33)27(42-19(5)35)28(43-20(6)36)30(39-15)45-25-22(14-38-13-21-11-9-8-10-12-21)44-29(37-7)23(31-16(2)32)26(25)41-18(4)34/h8-12,15,22-30H,13-14H2,1-7H3,(H,31,32)/t15-,22+,23+,24-,25+,26+,27+,28+,29-,30-/m0/s1. The van der Waals surface area contributed by atoms with Crippen LogP contribution in [0, 0.1) is 0 Å². The van der Waals surface area contributed by atoms with Gasteiger partial charge in [0.15, 0.2) is 37.0 Å². The first-order valence-electron chi connectivity index (χ1n) is 14.4. The molecule has 0 spiro atoms. The fourth-order valence-electron chi connectivity index (χ4n) is 5.22. The maximum atomic E-state index is 12.4. The molecular formula is C30H41NO14. The molecule has 2 fully saturated rings. The van der Waals surface area contributed by atoms with E-state index in [0.29, 0.717) is 0 Å². The first kappa shape index (κ1) is 35.8. The zero-order valence-corrected chi connectivity index (χ0v) is 26.3. The molecule has 1 N–H and O–H groups in total. The van der Waals surface area contributed by atoms with Gasteiger partial charge in [-0.2, -0.15) is 0 Å². The molecule has 0 aromatic heterocycles. The maximum absolute atomic E-state index is 12.4. The number of carbonyl (C=O) groups is 5. The van der Waals surface area contributed by atoms with Crippen molar-refractivity contribution in [3.63, 3.8) is 0 Å². The van der Waals surface area contributed by atoms with Gasteiger partial charge >= 0.3 is 23.9 Å². The largest absolute Gasteiger partial charge is 0.457 e. The summed E-state index contributed by atoms with van der Waals surface area (Å²) in [7, 11) is 1.36. The van der Waals surface area contributed by atoms with Crippen molar-refractivity contribution >= 4 is 29.8 Å². The zero-order valence-electron chi connectivity index (χ0n) is 26.3. The van der Waals surface area contributed by atoms with Crippen LogP contribution in [0.1, 0.15) is 47.1 Å². The topological polar surface area (TPSA) is 180 Å². The van der Waals surface area contributed by atoms with Crippen molar-refractivity contribution in [1.29, 1.82) is 0 Å². The van der Waals surface area contributed by atoms with Crippen LogP contribution in [-0.2, 0) is 73.2 Å². The van der Waals surface area contributed by atoms with E-state index in [2.05, 4.69) is 5.32 Å². The first-order valence-corrected chi connectivity index (χ1v) is 14.4. The van der Waals surface area contributed by atoms with Crippen molar-refractivity contribution < 1.29 is 66.6 Å². The molecule has 0 radical (unpaired) electrons. The molecule has 15 heteroatoms. The van der Waals surface area contributed by atoms with Crippen LogP contribution in [0.4, 0.5) is 0 Å². The third-order valence-corrected chi connectivity index (χ3v) is 6.87. The van der Waals surface area contributed by atoms with Crippen molar-refractivity contribution in [2.45, 2.75) is 109 Å². The van der Waals surface area contributed by atoms with Gasteiger partial charge in [0.1, 0.15) is 18.2 Å². The number of hydrogen-bond acceptors (Lipinski definition) is 14. The second-order valence-electron chi connectivity index (χ2n) is 10.6. The van der Waals surface area contributed by atoms with Crippen LogP contribution in [0.2, 0.25) is 0 Å². The molecule has 3 rings (SSSR count). The Morgan fingerprint density at radius 1 is 0.711 bits per heavy atom. The molecule has 0 bridgehead atoms. The molecule has 1 amide bonds. The SMILES string of the molecule is CO[C@H]1O[C@H](COCc2ccccc2)[C@@H](O[C@@H]2O[C@@H](C)[C@H](OC(C)=O)[C@@H](OC(C)=O)[C@H]2OC(C)=O)[C@H](OC(C)=O)[C@H]1NC(C)=O. The Hall–Kier alpha value is -3.63. The van der Waals surface area contributed by atoms with Crippen LogP contribution in [0.25, 0.3) is 0 Å². The summed E-state index contributed by atoms with van der Waals surface area (Å²) in [5, 5.41) is 2.68. The Kier molecular flexibility index (Phi) is 13.2. The van der Waals surface area contributed by atoms with E-state index in [4.69, 9.17) is 42.6 Å². The lowest BCUT2D eigenvalue weighted by Gasteiger charge is -2.48. The van der Waals surface area contributed by atoms with Gasteiger partial charge in [0.05, 0.1) is 19.3 Å². The molecule has 2 aliphatic heterocycles. The van der Waals surface area contributed by atoms with E-state index in [1.54, 1.807) is 6.92 Å². The van der Waals surface area contributed by atoms with E-state index >= 15 is 0 Å². The number of esters is 4. The fraction of sp³-hybridized carbons (Fsp3) is 0.633. The normalized spacial score (nSPS) is 31.3. The number of nitrogens with one attached hydrogen (secondary N) is 1. The van der Waals surface area contributed by atoms with Crippen LogP contribution < -0.4 is 5.32 Å². The third-order valence-electron chi connectivity index (χ3n) is 6.87. The summed E-state index contributed by atoms with van der Waals surface area (Å²) in [6.45, 7) is 7.53. The summed E-state index contributed by atoms with van der Waals surface area (Å²) in [5.41, 5.74) is 0.877. The summed E-state index contributed by atoms with van der Waals surface area (Å²) < 4.78 is 52.1. The molecule has 1 aromatic carbocycles. The van der Waals surface area contributed by atoms with E-state index in [9.17, 15) is 24.0 Å². The van der Waals surface area contributed by atoms with Crippen LogP contribution in [-0.4, -0.2) is 105 Å². The molecule has 0 saturated carbocycles. The van der Waals surface area contributed by atoms with Gasteiger partial charge in [-0.1, -0.05) is 30.3 Å². The lowest BCUT2D eigenvalue weighted by atomic mass is 9.95. The number of benzene rings is 1. The number of hydrogen-bond donors (Lipinski definition) is 1. The summed E-state index contributed by atoms with van der Waals surface area (Å²) in [6.07, 6.45) is -10.9. The molecule has 0 unspecified atom stereocenters. The predicted octanol–water partition coefficient (Wildman–Crippen LogP) is 0.936. The molecule has 2 saturated heterocycles. The highest BCUT2D eigenvalue weighted by molar-refractivity contribution is 5.73. The van der Waals surface area contributed by atoms with Crippen LogP contribution in [0.5, 0.6) is 0 Å². The van der Waals surface area contributed by atoms with E-state index in [1.165, 1.54) is 27.9 Å². The number of ether oxygens (including phenoxy) is 9. The number of carbonyl (C=O) groups excluding carboxylic acids is 5. The van der Waals surface area contributed by atoms with E-state index in [-0.39, 0.29) is 13.2 Å². The average molecular weight is 640 g/mol. The van der Waals surface area contributed by atoms with Crippen molar-refractivity contribution in [3.8, 4) is 0 Å². The fourth-order valence-corrected chi connectivity index (χ4v) is 5.22. The van der Waals surface area contributed by atoms with Gasteiger partial charge in [-0.3, -0.25) is 24.0 Å². The number of methoxy groups -OCH3 is 1. The van der Waals surface area contributed by atoms with Crippen LogP contribution in [0.3, 0.4) is 0 Å². The first-order chi connectivity index (χ1) is 21.3.